The van der Waals surface area contributed by atoms with Crippen LogP contribution >= 0.6 is 22.9 Å². The molecule has 0 spiro atoms. The topological polar surface area (TPSA) is 68.3 Å². The Bertz CT molecular complexity index is 1020. The monoisotopic (exact) mass is 398 g/mol. The SMILES string of the molecule is COc1ccc(-c2csc(NS(=O)(=O)c3ccccc3Cl)n2)cc1F. The molecule has 0 aliphatic rings. The number of rotatable bonds is 5. The molecule has 3 aromatic rings. The lowest BCUT2D eigenvalue weighted by Gasteiger charge is -2.06. The van der Waals surface area contributed by atoms with E-state index in [1.165, 1.54) is 31.4 Å². The van der Waals surface area contributed by atoms with Crippen LogP contribution in [-0.4, -0.2) is 20.5 Å². The predicted octanol–water partition coefficient (Wildman–Crippen LogP) is 4.41. The summed E-state index contributed by atoms with van der Waals surface area (Å²) in [5.41, 5.74) is 0.959. The minimum Gasteiger partial charge on any atom is -0.494 e. The second-order valence-electron chi connectivity index (χ2n) is 4.92. The molecular formula is C16H12ClFN2O3S2. The second kappa shape index (κ2) is 6.99. The van der Waals surface area contributed by atoms with E-state index < -0.39 is 15.8 Å². The van der Waals surface area contributed by atoms with Crippen molar-refractivity contribution in [2.24, 2.45) is 0 Å². The van der Waals surface area contributed by atoms with Crippen LogP contribution in [-0.2, 0) is 10.0 Å². The smallest absolute Gasteiger partial charge is 0.265 e. The molecule has 0 aliphatic carbocycles. The molecule has 0 saturated heterocycles. The summed E-state index contributed by atoms with van der Waals surface area (Å²) in [6.45, 7) is 0. The van der Waals surface area contributed by atoms with E-state index in [1.54, 1.807) is 23.6 Å². The first-order chi connectivity index (χ1) is 11.9. The number of thiazole rings is 1. The minimum atomic E-state index is -3.86. The number of sulfonamides is 1. The molecule has 0 aliphatic heterocycles. The molecule has 5 nitrogen and oxygen atoms in total. The fraction of sp³-hybridized carbons (Fsp3) is 0.0625. The highest BCUT2D eigenvalue weighted by Crippen LogP contribution is 2.30. The molecule has 0 atom stereocenters. The van der Waals surface area contributed by atoms with Crippen LogP contribution in [0.5, 0.6) is 5.75 Å². The second-order valence-corrected chi connectivity index (χ2v) is 7.84. The third kappa shape index (κ3) is 3.76. The Hall–Kier alpha value is -2.16. The van der Waals surface area contributed by atoms with Crippen molar-refractivity contribution in [2.75, 3.05) is 11.8 Å². The fourth-order valence-corrected chi connectivity index (χ4v) is 4.60. The van der Waals surface area contributed by atoms with Crippen molar-refractivity contribution < 1.29 is 17.5 Å². The number of hydrogen-bond acceptors (Lipinski definition) is 5. The summed E-state index contributed by atoms with van der Waals surface area (Å²) in [5.74, 6) is -0.398. The summed E-state index contributed by atoms with van der Waals surface area (Å²) < 4.78 is 45.9. The third-order valence-corrected chi connectivity index (χ3v) is 6.03. The maximum Gasteiger partial charge on any atom is 0.265 e. The van der Waals surface area contributed by atoms with E-state index >= 15 is 0 Å². The van der Waals surface area contributed by atoms with E-state index in [-0.39, 0.29) is 20.8 Å². The van der Waals surface area contributed by atoms with Gasteiger partial charge in [-0.25, -0.2) is 17.8 Å². The van der Waals surface area contributed by atoms with Crippen molar-refractivity contribution in [3.63, 3.8) is 0 Å². The molecule has 25 heavy (non-hydrogen) atoms. The predicted molar refractivity (Wildman–Crippen MR) is 96.3 cm³/mol. The van der Waals surface area contributed by atoms with E-state index in [1.807, 2.05) is 0 Å². The van der Waals surface area contributed by atoms with Gasteiger partial charge in [0.1, 0.15) is 4.90 Å². The molecule has 1 N–H and O–H groups in total. The van der Waals surface area contributed by atoms with Crippen LogP contribution in [0.25, 0.3) is 11.3 Å². The van der Waals surface area contributed by atoms with Gasteiger partial charge >= 0.3 is 0 Å². The molecule has 2 aromatic carbocycles. The van der Waals surface area contributed by atoms with Gasteiger partial charge < -0.3 is 4.74 Å². The van der Waals surface area contributed by atoms with Gasteiger partial charge in [-0.3, -0.25) is 4.72 Å². The number of halogens is 2. The van der Waals surface area contributed by atoms with Crippen molar-refractivity contribution in [1.82, 2.24) is 4.98 Å². The Balaban J connectivity index is 1.87. The van der Waals surface area contributed by atoms with Crippen molar-refractivity contribution in [3.8, 4) is 17.0 Å². The molecule has 9 heteroatoms. The quantitative estimate of drug-likeness (QED) is 0.691. The fourth-order valence-electron chi connectivity index (χ4n) is 2.11. The minimum absolute atomic E-state index is 0.0380. The number of aromatic nitrogens is 1. The van der Waals surface area contributed by atoms with Crippen LogP contribution in [0.15, 0.2) is 52.7 Å². The maximum absolute atomic E-state index is 13.8. The first kappa shape index (κ1) is 17.7. The highest BCUT2D eigenvalue weighted by Gasteiger charge is 2.19. The summed E-state index contributed by atoms with van der Waals surface area (Å²) in [6.07, 6.45) is 0. The van der Waals surface area contributed by atoms with Crippen LogP contribution in [0.3, 0.4) is 0 Å². The summed E-state index contributed by atoms with van der Waals surface area (Å²) in [7, 11) is -2.48. The summed E-state index contributed by atoms with van der Waals surface area (Å²) in [4.78, 5) is 4.16. The molecule has 0 bridgehead atoms. The molecular weight excluding hydrogens is 387 g/mol. The number of nitrogens with zero attached hydrogens (tertiary/aromatic N) is 1. The highest BCUT2D eigenvalue weighted by atomic mass is 35.5. The Labute approximate surface area is 153 Å². The van der Waals surface area contributed by atoms with Gasteiger partial charge in [0.15, 0.2) is 16.7 Å². The average molecular weight is 399 g/mol. The van der Waals surface area contributed by atoms with Crippen LogP contribution in [0, 0.1) is 5.82 Å². The van der Waals surface area contributed by atoms with Crippen molar-refractivity contribution in [2.45, 2.75) is 4.90 Å². The van der Waals surface area contributed by atoms with Gasteiger partial charge in [0.25, 0.3) is 10.0 Å². The van der Waals surface area contributed by atoms with Gasteiger partial charge in [0, 0.05) is 10.9 Å². The van der Waals surface area contributed by atoms with Crippen LogP contribution in [0.2, 0.25) is 5.02 Å². The normalized spacial score (nSPS) is 11.3. The molecule has 0 unspecified atom stereocenters. The largest absolute Gasteiger partial charge is 0.494 e. The third-order valence-electron chi connectivity index (χ3n) is 3.30. The zero-order chi connectivity index (χ0) is 18.0. The van der Waals surface area contributed by atoms with E-state index in [0.717, 1.165) is 11.3 Å². The molecule has 1 aromatic heterocycles. The van der Waals surface area contributed by atoms with E-state index in [9.17, 15) is 12.8 Å². The van der Waals surface area contributed by atoms with Crippen molar-refractivity contribution >= 4 is 38.1 Å². The molecule has 0 saturated carbocycles. The van der Waals surface area contributed by atoms with Gasteiger partial charge in [-0.1, -0.05) is 23.7 Å². The first-order valence-electron chi connectivity index (χ1n) is 6.97. The Morgan fingerprint density at radius 2 is 2.00 bits per heavy atom. The number of hydrogen-bond donors (Lipinski definition) is 1. The number of methoxy groups -OCH3 is 1. The van der Waals surface area contributed by atoms with Gasteiger partial charge in [-0.2, -0.15) is 0 Å². The molecule has 130 valence electrons. The summed E-state index contributed by atoms with van der Waals surface area (Å²) >= 11 is 7.02. The lowest BCUT2D eigenvalue weighted by Crippen LogP contribution is -2.13. The van der Waals surface area contributed by atoms with Gasteiger partial charge in [-0.05, 0) is 30.3 Å². The maximum atomic E-state index is 13.8. The highest BCUT2D eigenvalue weighted by molar-refractivity contribution is 7.93. The zero-order valence-corrected chi connectivity index (χ0v) is 15.3. The lowest BCUT2D eigenvalue weighted by molar-refractivity contribution is 0.386. The summed E-state index contributed by atoms with van der Waals surface area (Å²) in [6, 6.07) is 10.5. The number of ether oxygens (including phenoxy) is 1. The number of anilines is 1. The average Bonchev–Trinajstić information content (AvgIpc) is 3.02. The Kier molecular flexibility index (Phi) is 4.94. The van der Waals surface area contributed by atoms with Gasteiger partial charge in [-0.15, -0.1) is 11.3 Å². The van der Waals surface area contributed by atoms with Gasteiger partial charge in [0.05, 0.1) is 17.8 Å². The molecule has 1 heterocycles. The van der Waals surface area contributed by atoms with Crippen LogP contribution in [0.1, 0.15) is 0 Å². The summed E-state index contributed by atoms with van der Waals surface area (Å²) in [5, 5.41) is 1.90. The van der Waals surface area contributed by atoms with E-state index in [2.05, 4.69) is 9.71 Å². The standard InChI is InChI=1S/C16H12ClFN2O3S2/c1-23-14-7-6-10(8-12(14)18)13-9-24-16(19-13)20-25(21,22)15-5-3-2-4-11(15)17/h2-9H,1H3,(H,19,20). The van der Waals surface area contributed by atoms with Crippen LogP contribution in [0.4, 0.5) is 9.52 Å². The Morgan fingerprint density at radius 3 is 2.68 bits per heavy atom. The zero-order valence-electron chi connectivity index (χ0n) is 12.9. The molecule has 0 radical (unpaired) electrons. The Morgan fingerprint density at radius 1 is 1.24 bits per heavy atom. The number of nitrogens with one attached hydrogen (secondary N) is 1. The van der Waals surface area contributed by atoms with Gasteiger partial charge in [0.2, 0.25) is 0 Å². The molecule has 3 rings (SSSR count). The molecule has 0 amide bonds. The first-order valence-corrected chi connectivity index (χ1v) is 9.71. The molecule has 0 fully saturated rings. The number of benzene rings is 2. The van der Waals surface area contributed by atoms with E-state index in [4.69, 9.17) is 16.3 Å². The van der Waals surface area contributed by atoms with E-state index in [0.29, 0.717) is 11.3 Å². The van der Waals surface area contributed by atoms with Crippen LogP contribution < -0.4 is 9.46 Å². The van der Waals surface area contributed by atoms with Crippen molar-refractivity contribution in [1.29, 1.82) is 0 Å². The van der Waals surface area contributed by atoms with Crippen molar-refractivity contribution in [3.05, 3.63) is 58.7 Å². The lowest BCUT2D eigenvalue weighted by atomic mass is 10.1.